The van der Waals surface area contributed by atoms with E-state index in [1.54, 1.807) is 5.57 Å². The topological polar surface area (TPSA) is 37.3 Å². The smallest absolute Gasteiger partial charge is 0.137 e. The number of hydrogen-bond donors (Lipinski definition) is 1. The fraction of sp³-hybridized carbons (Fsp3) is 0.842. The number of rotatable bonds is 1. The molecule has 5 atom stereocenters. The molecule has 0 aromatic carbocycles. The van der Waals surface area contributed by atoms with E-state index in [-0.39, 0.29) is 11.5 Å². The van der Waals surface area contributed by atoms with Gasteiger partial charge in [-0.3, -0.25) is 4.79 Å². The molecular weight excluding hydrogens is 260 g/mol. The van der Waals surface area contributed by atoms with Crippen molar-refractivity contribution < 1.29 is 9.90 Å². The minimum Gasteiger partial charge on any atom is -0.393 e. The third-order valence-electron chi connectivity index (χ3n) is 7.53. The molecule has 4 rings (SSSR count). The summed E-state index contributed by atoms with van der Waals surface area (Å²) in [5.74, 6) is 2.74. The van der Waals surface area contributed by atoms with Crippen LogP contribution in [-0.2, 0) is 4.79 Å². The zero-order valence-electron chi connectivity index (χ0n) is 13.2. The number of aliphatic hydroxyl groups excluding tert-OH is 1. The predicted octanol–water partition coefficient (Wildman–Crippen LogP) is 4.02. The summed E-state index contributed by atoms with van der Waals surface area (Å²) in [6.07, 6.45) is 10.8. The molecule has 0 heterocycles. The van der Waals surface area contributed by atoms with Gasteiger partial charge in [-0.2, -0.15) is 0 Å². The summed E-state index contributed by atoms with van der Waals surface area (Å²) in [6, 6.07) is 0. The highest BCUT2D eigenvalue weighted by atomic mass is 16.3. The maximum Gasteiger partial charge on any atom is 0.137 e. The summed E-state index contributed by atoms with van der Waals surface area (Å²) in [4.78, 5) is 11.7. The highest BCUT2D eigenvalue weighted by Crippen LogP contribution is 2.62. The van der Waals surface area contributed by atoms with E-state index in [4.69, 9.17) is 0 Å². The first kappa shape index (κ1) is 14.0. The third-order valence-corrected chi connectivity index (χ3v) is 7.53. The van der Waals surface area contributed by atoms with Crippen molar-refractivity contribution in [1.29, 1.82) is 0 Å². The van der Waals surface area contributed by atoms with Crippen molar-refractivity contribution in [2.24, 2.45) is 23.2 Å². The summed E-state index contributed by atoms with van der Waals surface area (Å²) in [5, 5.41) is 10.6. The van der Waals surface area contributed by atoms with E-state index in [1.165, 1.54) is 31.3 Å². The molecule has 4 aliphatic rings. The molecule has 2 fully saturated rings. The molecule has 0 amide bonds. The molecule has 1 N–H and O–H groups in total. The SMILES string of the molecule is CC[C@]12CC[C@@H]3C4=C(CC[C@H]3[C@@H]1CC[C@@H]2O)CC(=O)CC4. The van der Waals surface area contributed by atoms with Crippen molar-refractivity contribution in [3.05, 3.63) is 11.1 Å². The first-order chi connectivity index (χ1) is 10.2. The second kappa shape index (κ2) is 4.94. The lowest BCUT2D eigenvalue weighted by atomic mass is 9.53. The Morgan fingerprint density at radius 2 is 2.00 bits per heavy atom. The van der Waals surface area contributed by atoms with Crippen molar-refractivity contribution in [2.75, 3.05) is 0 Å². The number of allylic oxidation sites excluding steroid dienone is 2. The van der Waals surface area contributed by atoms with Crippen LogP contribution in [-0.4, -0.2) is 17.0 Å². The molecule has 2 saturated carbocycles. The van der Waals surface area contributed by atoms with Gasteiger partial charge in [0, 0.05) is 12.8 Å². The highest BCUT2D eigenvalue weighted by molar-refractivity contribution is 5.82. The van der Waals surface area contributed by atoms with Crippen LogP contribution >= 0.6 is 0 Å². The Kier molecular flexibility index (Phi) is 3.29. The van der Waals surface area contributed by atoms with Gasteiger partial charge < -0.3 is 5.11 Å². The van der Waals surface area contributed by atoms with Gasteiger partial charge >= 0.3 is 0 Å². The van der Waals surface area contributed by atoms with E-state index in [2.05, 4.69) is 6.92 Å². The van der Waals surface area contributed by atoms with Crippen LogP contribution in [0, 0.1) is 23.2 Å². The number of carbonyl (C=O) groups excluding carboxylic acids is 1. The Balaban J connectivity index is 1.66. The molecule has 0 unspecified atom stereocenters. The Morgan fingerprint density at radius 1 is 1.14 bits per heavy atom. The van der Waals surface area contributed by atoms with Gasteiger partial charge in [-0.15, -0.1) is 0 Å². The van der Waals surface area contributed by atoms with Gasteiger partial charge in [0.05, 0.1) is 6.10 Å². The molecule has 0 spiro atoms. The van der Waals surface area contributed by atoms with Crippen LogP contribution in [0.25, 0.3) is 0 Å². The first-order valence-electron chi connectivity index (χ1n) is 9.06. The summed E-state index contributed by atoms with van der Waals surface area (Å²) in [5.41, 5.74) is 3.41. The van der Waals surface area contributed by atoms with Crippen LogP contribution < -0.4 is 0 Å². The Hall–Kier alpha value is -0.630. The van der Waals surface area contributed by atoms with E-state index in [0.717, 1.165) is 56.3 Å². The highest BCUT2D eigenvalue weighted by Gasteiger charge is 2.56. The van der Waals surface area contributed by atoms with Gasteiger partial charge in [-0.25, -0.2) is 0 Å². The van der Waals surface area contributed by atoms with E-state index in [1.807, 2.05) is 0 Å². The second-order valence-corrected chi connectivity index (χ2v) is 7.98. The Morgan fingerprint density at radius 3 is 2.81 bits per heavy atom. The summed E-state index contributed by atoms with van der Waals surface area (Å²) < 4.78 is 0. The molecule has 0 aromatic heterocycles. The molecule has 0 aliphatic heterocycles. The maximum absolute atomic E-state index is 11.7. The molecule has 2 nitrogen and oxygen atoms in total. The molecule has 4 aliphatic carbocycles. The van der Waals surface area contributed by atoms with Crippen molar-refractivity contribution in [3.8, 4) is 0 Å². The third kappa shape index (κ3) is 1.91. The number of aliphatic hydroxyl groups is 1. The first-order valence-corrected chi connectivity index (χ1v) is 9.06. The standard InChI is InChI=1S/C19H28O2/c1-2-19-10-9-15-14-6-4-13(20)11-12(14)3-5-16(15)17(19)7-8-18(19)21/h15-18,21H,2-11H2,1H3/t15-,16-,17+,18+,19+/m1/s1. The van der Waals surface area contributed by atoms with Gasteiger partial charge in [0.2, 0.25) is 0 Å². The maximum atomic E-state index is 11.7. The summed E-state index contributed by atoms with van der Waals surface area (Å²) in [6.45, 7) is 2.29. The normalized spacial score (nSPS) is 46.1. The van der Waals surface area contributed by atoms with Crippen LogP contribution in [0.15, 0.2) is 11.1 Å². The minimum atomic E-state index is -0.0586. The van der Waals surface area contributed by atoms with Crippen molar-refractivity contribution >= 4 is 5.78 Å². The van der Waals surface area contributed by atoms with E-state index in [0.29, 0.717) is 5.78 Å². The van der Waals surface area contributed by atoms with E-state index >= 15 is 0 Å². The molecule has 2 heteroatoms. The minimum absolute atomic E-state index is 0.0586. The second-order valence-electron chi connectivity index (χ2n) is 7.98. The summed E-state index contributed by atoms with van der Waals surface area (Å²) in [7, 11) is 0. The van der Waals surface area contributed by atoms with Crippen molar-refractivity contribution in [3.63, 3.8) is 0 Å². The molecule has 0 radical (unpaired) electrons. The zero-order chi connectivity index (χ0) is 14.6. The van der Waals surface area contributed by atoms with Gasteiger partial charge in [0.15, 0.2) is 0 Å². The molecular formula is C19H28O2. The zero-order valence-corrected chi connectivity index (χ0v) is 13.2. The van der Waals surface area contributed by atoms with E-state index in [9.17, 15) is 9.90 Å². The summed E-state index contributed by atoms with van der Waals surface area (Å²) >= 11 is 0. The molecule has 0 bridgehead atoms. The van der Waals surface area contributed by atoms with Gasteiger partial charge in [0.25, 0.3) is 0 Å². The van der Waals surface area contributed by atoms with Gasteiger partial charge in [-0.1, -0.05) is 18.1 Å². The molecule has 0 saturated heterocycles. The lowest BCUT2D eigenvalue weighted by Gasteiger charge is -2.52. The average molecular weight is 288 g/mol. The fourth-order valence-electron chi connectivity index (χ4n) is 6.51. The van der Waals surface area contributed by atoms with Crippen LogP contribution in [0.5, 0.6) is 0 Å². The molecule has 21 heavy (non-hydrogen) atoms. The van der Waals surface area contributed by atoms with Crippen molar-refractivity contribution in [2.45, 2.75) is 77.2 Å². The average Bonchev–Trinajstić information content (AvgIpc) is 2.84. The number of hydrogen-bond acceptors (Lipinski definition) is 2. The van der Waals surface area contributed by atoms with Crippen LogP contribution in [0.4, 0.5) is 0 Å². The van der Waals surface area contributed by atoms with Gasteiger partial charge in [0.1, 0.15) is 5.78 Å². The van der Waals surface area contributed by atoms with Gasteiger partial charge in [-0.05, 0) is 74.5 Å². The largest absolute Gasteiger partial charge is 0.393 e. The Bertz CT molecular complexity index is 492. The predicted molar refractivity (Wildman–Crippen MR) is 82.8 cm³/mol. The molecule has 116 valence electrons. The number of fused-ring (bicyclic) bond motifs is 4. The monoisotopic (exact) mass is 288 g/mol. The Labute approximate surface area is 128 Å². The number of Topliss-reactive ketones (excluding diaryl/α,β-unsaturated/α-hetero) is 1. The van der Waals surface area contributed by atoms with E-state index < -0.39 is 0 Å². The van der Waals surface area contributed by atoms with Crippen LogP contribution in [0.1, 0.15) is 71.1 Å². The lowest BCUT2D eigenvalue weighted by molar-refractivity contribution is -0.119. The van der Waals surface area contributed by atoms with Crippen LogP contribution in [0.2, 0.25) is 0 Å². The number of carbonyl (C=O) groups is 1. The quantitative estimate of drug-likeness (QED) is 0.740. The number of ketones is 1. The molecule has 0 aromatic rings. The van der Waals surface area contributed by atoms with Crippen molar-refractivity contribution in [1.82, 2.24) is 0 Å². The lowest BCUT2D eigenvalue weighted by Crippen LogP contribution is -2.46. The van der Waals surface area contributed by atoms with Crippen LogP contribution in [0.3, 0.4) is 0 Å². The fourth-order valence-corrected chi connectivity index (χ4v) is 6.51.